The fourth-order valence-corrected chi connectivity index (χ4v) is 3.67. The van der Waals surface area contributed by atoms with Gasteiger partial charge >= 0.3 is 0 Å². The van der Waals surface area contributed by atoms with Crippen LogP contribution in [0.1, 0.15) is 45.2 Å². The number of hydrogen-bond acceptors (Lipinski definition) is 1. The fraction of sp³-hybridized carbons (Fsp3) is 0.438. The van der Waals surface area contributed by atoms with E-state index < -0.39 is 0 Å². The Labute approximate surface area is 103 Å². The lowest BCUT2D eigenvalue weighted by Crippen LogP contribution is -2.18. The van der Waals surface area contributed by atoms with Crippen LogP contribution in [-0.2, 0) is 10.8 Å². The number of fused-ring (bicyclic) bond motifs is 3. The summed E-state index contributed by atoms with van der Waals surface area (Å²) in [7, 11) is 0. The van der Waals surface area contributed by atoms with Crippen molar-refractivity contribution in [2.45, 2.75) is 44.9 Å². The van der Waals surface area contributed by atoms with Gasteiger partial charge in [-0.15, -0.1) is 0 Å². The van der Waals surface area contributed by atoms with E-state index in [0.717, 1.165) is 5.52 Å². The van der Waals surface area contributed by atoms with E-state index in [9.17, 15) is 0 Å². The first kappa shape index (κ1) is 10.8. The van der Waals surface area contributed by atoms with Gasteiger partial charge in [0.25, 0.3) is 0 Å². The van der Waals surface area contributed by atoms with Crippen molar-refractivity contribution in [1.29, 1.82) is 0 Å². The molecular weight excluding hydrogens is 206 g/mol. The van der Waals surface area contributed by atoms with Gasteiger partial charge in [-0.3, -0.25) is 4.98 Å². The first-order valence-electron chi connectivity index (χ1n) is 6.30. The quantitative estimate of drug-likeness (QED) is 0.655. The fourth-order valence-electron chi connectivity index (χ4n) is 3.67. The summed E-state index contributed by atoms with van der Waals surface area (Å²) in [5, 5.41) is 1.33. The van der Waals surface area contributed by atoms with Crippen LogP contribution in [-0.4, -0.2) is 4.98 Å². The average molecular weight is 225 g/mol. The van der Waals surface area contributed by atoms with Gasteiger partial charge < -0.3 is 0 Å². The summed E-state index contributed by atoms with van der Waals surface area (Å²) in [6.07, 6.45) is 3.29. The Hall–Kier alpha value is -1.37. The molecule has 1 heterocycles. The standard InChI is InChI=1S/C16H19N/c1-15(2)10-16(3,4)14-11-7-5-6-8-13(11)17-9-12(14)15/h5-9H,10H2,1-4H3. The summed E-state index contributed by atoms with van der Waals surface area (Å²) in [6.45, 7) is 9.37. The van der Waals surface area contributed by atoms with E-state index in [2.05, 4.69) is 63.1 Å². The predicted molar refractivity (Wildman–Crippen MR) is 72.4 cm³/mol. The van der Waals surface area contributed by atoms with Crippen LogP contribution in [0, 0.1) is 0 Å². The van der Waals surface area contributed by atoms with Crippen molar-refractivity contribution in [1.82, 2.24) is 4.98 Å². The van der Waals surface area contributed by atoms with Crippen LogP contribution in [0.5, 0.6) is 0 Å². The first-order valence-corrected chi connectivity index (χ1v) is 6.30. The van der Waals surface area contributed by atoms with Crippen molar-refractivity contribution < 1.29 is 0 Å². The first-order chi connectivity index (χ1) is 7.92. The van der Waals surface area contributed by atoms with E-state index in [0.29, 0.717) is 0 Å². The maximum Gasteiger partial charge on any atom is 0.0705 e. The highest BCUT2D eigenvalue weighted by atomic mass is 14.7. The van der Waals surface area contributed by atoms with Gasteiger partial charge in [0.15, 0.2) is 0 Å². The van der Waals surface area contributed by atoms with Crippen LogP contribution in [0.4, 0.5) is 0 Å². The monoisotopic (exact) mass is 225 g/mol. The molecule has 0 fully saturated rings. The molecule has 88 valence electrons. The molecule has 3 rings (SSSR count). The number of para-hydroxylation sites is 1. The SMILES string of the molecule is CC1(C)CC(C)(C)c2c1cnc1ccccc21. The van der Waals surface area contributed by atoms with Gasteiger partial charge in [0.1, 0.15) is 0 Å². The van der Waals surface area contributed by atoms with Gasteiger partial charge in [0, 0.05) is 11.6 Å². The number of aromatic nitrogens is 1. The minimum Gasteiger partial charge on any atom is -0.256 e. The molecule has 0 bridgehead atoms. The summed E-state index contributed by atoms with van der Waals surface area (Å²) in [6, 6.07) is 8.50. The smallest absolute Gasteiger partial charge is 0.0705 e. The zero-order valence-corrected chi connectivity index (χ0v) is 11.0. The molecule has 0 saturated carbocycles. The number of benzene rings is 1. The molecule has 17 heavy (non-hydrogen) atoms. The molecule has 0 spiro atoms. The van der Waals surface area contributed by atoms with Gasteiger partial charge in [-0.05, 0) is 34.4 Å². The molecule has 1 aliphatic rings. The molecule has 0 saturated heterocycles. The number of pyridine rings is 1. The third-order valence-electron chi connectivity index (χ3n) is 4.07. The summed E-state index contributed by atoms with van der Waals surface area (Å²) in [4.78, 5) is 4.61. The Morgan fingerprint density at radius 3 is 2.47 bits per heavy atom. The highest BCUT2D eigenvalue weighted by Crippen LogP contribution is 2.51. The largest absolute Gasteiger partial charge is 0.256 e. The van der Waals surface area contributed by atoms with Crippen LogP contribution in [0.3, 0.4) is 0 Å². The second kappa shape index (κ2) is 3.10. The van der Waals surface area contributed by atoms with Gasteiger partial charge in [-0.2, -0.15) is 0 Å². The highest BCUT2D eigenvalue weighted by molar-refractivity contribution is 5.85. The van der Waals surface area contributed by atoms with Gasteiger partial charge in [0.2, 0.25) is 0 Å². The number of rotatable bonds is 0. The van der Waals surface area contributed by atoms with E-state index in [-0.39, 0.29) is 10.8 Å². The predicted octanol–water partition coefficient (Wildman–Crippen LogP) is 4.19. The topological polar surface area (TPSA) is 12.9 Å². The van der Waals surface area contributed by atoms with Crippen molar-refractivity contribution >= 4 is 10.9 Å². The lowest BCUT2D eigenvalue weighted by Gasteiger charge is -2.22. The molecule has 0 unspecified atom stereocenters. The lowest BCUT2D eigenvalue weighted by molar-refractivity contribution is 0.404. The van der Waals surface area contributed by atoms with Crippen LogP contribution < -0.4 is 0 Å². The van der Waals surface area contributed by atoms with Crippen LogP contribution in [0.25, 0.3) is 10.9 Å². The summed E-state index contributed by atoms with van der Waals surface area (Å²) < 4.78 is 0. The summed E-state index contributed by atoms with van der Waals surface area (Å²) >= 11 is 0. The Morgan fingerprint density at radius 1 is 1.00 bits per heavy atom. The van der Waals surface area contributed by atoms with Crippen LogP contribution in [0.2, 0.25) is 0 Å². The molecule has 0 radical (unpaired) electrons. The molecule has 0 amide bonds. The lowest BCUT2D eigenvalue weighted by atomic mass is 9.81. The van der Waals surface area contributed by atoms with Crippen molar-refractivity contribution in [3.05, 3.63) is 41.6 Å². The van der Waals surface area contributed by atoms with E-state index in [1.54, 1.807) is 0 Å². The van der Waals surface area contributed by atoms with Crippen molar-refractivity contribution in [2.24, 2.45) is 0 Å². The van der Waals surface area contributed by atoms with Crippen LogP contribution >= 0.6 is 0 Å². The van der Waals surface area contributed by atoms with Gasteiger partial charge in [-0.25, -0.2) is 0 Å². The summed E-state index contributed by atoms with van der Waals surface area (Å²) in [5.41, 5.74) is 4.56. The molecule has 1 aromatic carbocycles. The molecule has 0 aliphatic heterocycles. The third kappa shape index (κ3) is 1.41. The molecule has 1 heteroatoms. The molecule has 0 N–H and O–H groups in total. The summed E-state index contributed by atoms with van der Waals surface area (Å²) in [5.74, 6) is 0. The maximum atomic E-state index is 4.61. The van der Waals surface area contributed by atoms with E-state index in [1.807, 2.05) is 0 Å². The Bertz CT molecular complexity index is 593. The molecule has 0 atom stereocenters. The highest BCUT2D eigenvalue weighted by Gasteiger charge is 2.43. The van der Waals surface area contributed by atoms with Crippen molar-refractivity contribution in [3.8, 4) is 0 Å². The number of nitrogens with zero attached hydrogens (tertiary/aromatic N) is 1. The Balaban J connectivity index is 2.44. The molecular formula is C16H19N. The molecule has 1 aromatic heterocycles. The Morgan fingerprint density at radius 2 is 1.71 bits per heavy atom. The second-order valence-corrected chi connectivity index (χ2v) is 6.51. The molecule has 1 aliphatic carbocycles. The zero-order chi connectivity index (χ0) is 12.3. The van der Waals surface area contributed by atoms with E-state index in [1.165, 1.54) is 22.9 Å². The Kier molecular flexibility index (Phi) is 1.96. The van der Waals surface area contributed by atoms with E-state index in [4.69, 9.17) is 0 Å². The number of hydrogen-bond donors (Lipinski definition) is 0. The average Bonchev–Trinajstić information content (AvgIpc) is 2.44. The molecule has 2 aromatic rings. The third-order valence-corrected chi connectivity index (χ3v) is 4.07. The minimum absolute atomic E-state index is 0.246. The van der Waals surface area contributed by atoms with Crippen molar-refractivity contribution in [2.75, 3.05) is 0 Å². The minimum atomic E-state index is 0.246. The van der Waals surface area contributed by atoms with Crippen molar-refractivity contribution in [3.63, 3.8) is 0 Å². The van der Waals surface area contributed by atoms with E-state index >= 15 is 0 Å². The zero-order valence-electron chi connectivity index (χ0n) is 11.0. The second-order valence-electron chi connectivity index (χ2n) is 6.51. The normalized spacial score (nSPS) is 20.5. The molecule has 1 nitrogen and oxygen atoms in total. The van der Waals surface area contributed by atoms with Gasteiger partial charge in [0.05, 0.1) is 5.52 Å². The van der Waals surface area contributed by atoms with Crippen LogP contribution in [0.15, 0.2) is 30.5 Å². The van der Waals surface area contributed by atoms with Gasteiger partial charge in [-0.1, -0.05) is 45.9 Å². The maximum absolute atomic E-state index is 4.61.